The molecule has 0 spiro atoms. The largest absolute Gasteiger partial charge is 0.481 e. The van der Waals surface area contributed by atoms with Crippen molar-refractivity contribution in [1.82, 2.24) is 0 Å². The maximum atomic E-state index is 10.7. The van der Waals surface area contributed by atoms with Crippen molar-refractivity contribution in [2.75, 3.05) is 0 Å². The van der Waals surface area contributed by atoms with Crippen molar-refractivity contribution < 1.29 is 24.9 Å². The van der Waals surface area contributed by atoms with E-state index >= 15 is 0 Å². The molecule has 86 valence electrons. The summed E-state index contributed by atoms with van der Waals surface area (Å²) in [4.78, 5) is 21.3. The summed E-state index contributed by atoms with van der Waals surface area (Å²) in [5, 5.41) is 26.6. The van der Waals surface area contributed by atoms with Gasteiger partial charge in [-0.05, 0) is 0 Å². The van der Waals surface area contributed by atoms with E-state index in [1.54, 1.807) is 0 Å². The average molecular weight is 254 g/mol. The number of aliphatic carboxylic acids is 2. The Hall–Kier alpha value is -0.740. The smallest absolute Gasteiger partial charge is 0.339 e. The van der Waals surface area contributed by atoms with Crippen molar-refractivity contribution in [3.8, 4) is 0 Å². The summed E-state index contributed by atoms with van der Waals surface area (Å²) in [6.45, 7) is 0. The highest BCUT2D eigenvalue weighted by Gasteiger charge is 2.48. The van der Waals surface area contributed by atoms with E-state index in [0.717, 1.165) is 0 Å². The van der Waals surface area contributed by atoms with E-state index < -0.39 is 33.8 Å². The molecular formula is C6H10N2O5S2. The van der Waals surface area contributed by atoms with Gasteiger partial charge < -0.3 is 26.8 Å². The van der Waals surface area contributed by atoms with E-state index in [9.17, 15) is 14.7 Å². The first-order valence-corrected chi connectivity index (χ1v) is 4.42. The van der Waals surface area contributed by atoms with Crippen LogP contribution in [0.15, 0.2) is 0 Å². The topological polar surface area (TPSA) is 147 Å². The number of aliphatic hydroxyl groups excluding tert-OH is 1. The molecule has 0 heterocycles. The van der Waals surface area contributed by atoms with Crippen LogP contribution in [0.2, 0.25) is 0 Å². The van der Waals surface area contributed by atoms with E-state index in [2.05, 4.69) is 24.8 Å². The summed E-state index contributed by atoms with van der Waals surface area (Å²) < 4.78 is -0.399. The van der Waals surface area contributed by atoms with Crippen LogP contribution >= 0.6 is 24.8 Å². The second-order valence-corrected chi connectivity index (χ2v) is 4.06. The molecule has 0 fully saturated rings. The molecule has 0 radical (unpaired) electrons. The summed E-state index contributed by atoms with van der Waals surface area (Å²) >= 11 is 7.96. The normalized spacial score (nSPS) is 15.5. The van der Waals surface area contributed by atoms with Crippen LogP contribution in [0.3, 0.4) is 0 Å². The Labute approximate surface area is 95.5 Å². The fourth-order valence-electron chi connectivity index (χ4n) is 0.876. The molecule has 0 aromatic rings. The molecule has 0 aromatic carbocycles. The number of hydrogen-bond donors (Lipinski definition) is 6. The van der Waals surface area contributed by atoms with Gasteiger partial charge in [-0.15, -0.1) is 12.6 Å². The van der Waals surface area contributed by atoms with Gasteiger partial charge in [-0.1, -0.05) is 12.2 Å². The lowest BCUT2D eigenvalue weighted by atomic mass is 9.89. The van der Waals surface area contributed by atoms with Crippen LogP contribution in [-0.2, 0) is 9.59 Å². The molecule has 0 bridgehead atoms. The van der Waals surface area contributed by atoms with Crippen molar-refractivity contribution in [3.63, 3.8) is 0 Å². The summed E-state index contributed by atoms with van der Waals surface area (Å²) in [7, 11) is 0. The first-order valence-electron chi connectivity index (χ1n) is 3.57. The Balaban J connectivity index is 5.24. The van der Waals surface area contributed by atoms with Crippen LogP contribution in [-0.4, -0.2) is 43.2 Å². The molecule has 7 nitrogen and oxygen atoms in total. The lowest BCUT2D eigenvalue weighted by molar-refractivity contribution is -0.158. The van der Waals surface area contributed by atoms with Crippen molar-refractivity contribution >= 4 is 41.0 Å². The van der Waals surface area contributed by atoms with Gasteiger partial charge in [0, 0.05) is 0 Å². The third-order valence-electron chi connectivity index (χ3n) is 1.72. The molecule has 0 rings (SSSR count). The van der Waals surface area contributed by atoms with Crippen LogP contribution in [0.5, 0.6) is 0 Å². The van der Waals surface area contributed by atoms with E-state index in [-0.39, 0.29) is 0 Å². The van der Waals surface area contributed by atoms with Crippen molar-refractivity contribution in [3.05, 3.63) is 0 Å². The second-order valence-electron chi connectivity index (χ2n) is 2.84. The highest BCUT2D eigenvalue weighted by Crippen LogP contribution is 2.17. The quantitative estimate of drug-likeness (QED) is 0.188. The number of nitrogens with two attached hydrogens (primary N) is 2. The number of rotatable bonds is 5. The zero-order valence-electron chi connectivity index (χ0n) is 7.32. The minimum atomic E-state index is -2.63. The lowest BCUT2D eigenvalue weighted by Gasteiger charge is -2.29. The van der Waals surface area contributed by atoms with E-state index in [1.807, 2.05) is 0 Å². The average Bonchev–Trinajstić information content (AvgIpc) is 2.02. The third kappa shape index (κ3) is 3.11. The molecule has 7 N–H and O–H groups in total. The van der Waals surface area contributed by atoms with Gasteiger partial charge in [0.1, 0.15) is 12.0 Å². The Bertz CT molecular complexity index is 306. The first kappa shape index (κ1) is 14.3. The van der Waals surface area contributed by atoms with Gasteiger partial charge in [-0.25, -0.2) is 4.79 Å². The molecule has 0 aliphatic carbocycles. The minimum Gasteiger partial charge on any atom is -0.481 e. The number of carboxylic acids is 2. The molecule has 0 amide bonds. The summed E-state index contributed by atoms with van der Waals surface area (Å²) in [5.74, 6) is -5.41. The van der Waals surface area contributed by atoms with Gasteiger partial charge in [-0.2, -0.15) is 0 Å². The summed E-state index contributed by atoms with van der Waals surface area (Å²) in [6, 6.07) is 0. The highest BCUT2D eigenvalue weighted by molar-refractivity contribution is 8.11. The molecule has 0 aliphatic heterocycles. The highest BCUT2D eigenvalue weighted by atomic mass is 32.1. The van der Waals surface area contributed by atoms with Crippen LogP contribution < -0.4 is 11.5 Å². The maximum Gasteiger partial charge on any atom is 0.339 e. The fraction of sp³-hybridized carbons (Fsp3) is 0.500. The second kappa shape index (κ2) is 4.86. The van der Waals surface area contributed by atoms with E-state index in [0.29, 0.717) is 0 Å². The van der Waals surface area contributed by atoms with E-state index in [4.69, 9.17) is 21.7 Å². The lowest BCUT2D eigenvalue weighted by Crippen LogP contribution is -2.67. The number of thiol groups is 1. The minimum absolute atomic E-state index is 0.399. The number of aliphatic hydroxyl groups is 1. The van der Waals surface area contributed by atoms with Crippen molar-refractivity contribution in [2.45, 2.75) is 11.8 Å². The third-order valence-corrected chi connectivity index (χ3v) is 2.23. The van der Waals surface area contributed by atoms with Gasteiger partial charge in [0.05, 0.1) is 4.20 Å². The molecule has 0 aliphatic rings. The van der Waals surface area contributed by atoms with Crippen molar-refractivity contribution in [2.24, 2.45) is 17.4 Å². The molecular weight excluding hydrogens is 244 g/mol. The first-order chi connectivity index (χ1) is 6.62. The monoisotopic (exact) mass is 254 g/mol. The van der Waals surface area contributed by atoms with Gasteiger partial charge in [-0.3, -0.25) is 4.79 Å². The number of carbonyl (C=O) groups is 2. The molecule has 2 unspecified atom stereocenters. The van der Waals surface area contributed by atoms with Gasteiger partial charge in [0.25, 0.3) is 0 Å². The summed E-state index contributed by atoms with van der Waals surface area (Å²) in [6.07, 6.45) is -1.83. The standard InChI is InChI=1S/C6H10N2O5S2/c7-6(8,5(12)13)1(3(10)11)2(9)4(14)15/h1-2,9H,7-8H2,(H,10,11)(H,12,13)(H,14,15). The molecule has 15 heavy (non-hydrogen) atoms. The zero-order valence-corrected chi connectivity index (χ0v) is 9.03. The molecule has 0 aromatic heterocycles. The predicted octanol–water partition coefficient (Wildman–Crippen LogP) is -2.00. The maximum absolute atomic E-state index is 10.7. The number of thiocarbonyl (C=S) groups is 1. The molecule has 2 atom stereocenters. The van der Waals surface area contributed by atoms with Gasteiger partial charge in [0.2, 0.25) is 0 Å². The fourth-order valence-corrected chi connectivity index (χ4v) is 1.16. The van der Waals surface area contributed by atoms with Gasteiger partial charge >= 0.3 is 11.9 Å². The van der Waals surface area contributed by atoms with Crippen LogP contribution in [0.1, 0.15) is 0 Å². The van der Waals surface area contributed by atoms with Gasteiger partial charge in [0.15, 0.2) is 5.66 Å². The van der Waals surface area contributed by atoms with Crippen molar-refractivity contribution in [1.29, 1.82) is 0 Å². The number of hydrogen-bond acceptors (Lipinski definition) is 6. The molecule has 9 heteroatoms. The van der Waals surface area contributed by atoms with E-state index in [1.165, 1.54) is 0 Å². The Morgan fingerprint density at radius 1 is 1.33 bits per heavy atom. The van der Waals surface area contributed by atoms with Crippen LogP contribution in [0, 0.1) is 5.92 Å². The predicted molar refractivity (Wildman–Crippen MR) is 57.5 cm³/mol. The van der Waals surface area contributed by atoms with Crippen LogP contribution in [0.25, 0.3) is 0 Å². The Morgan fingerprint density at radius 2 is 1.73 bits per heavy atom. The Morgan fingerprint density at radius 3 is 1.93 bits per heavy atom. The zero-order chi connectivity index (χ0) is 12.4. The molecule has 0 saturated carbocycles. The SMILES string of the molecule is NC(N)(C(=O)O)C(C(=O)O)C(O)C(=S)S. The molecule has 0 saturated heterocycles. The Kier molecular flexibility index (Phi) is 4.62. The van der Waals surface area contributed by atoms with Crippen LogP contribution in [0.4, 0.5) is 0 Å². The number of carboxylic acid groups (broad SMARTS) is 2. The summed E-state index contributed by atoms with van der Waals surface area (Å²) in [5.41, 5.74) is 7.55.